The number of nitrogens with two attached hydrogens (primary N) is 1. The Bertz CT molecular complexity index is 392. The van der Waals surface area contributed by atoms with Crippen molar-refractivity contribution in [3.05, 3.63) is 22.2 Å². The van der Waals surface area contributed by atoms with Crippen LogP contribution in [0.1, 0.15) is 10.4 Å². The van der Waals surface area contributed by atoms with E-state index >= 15 is 0 Å². The maximum absolute atomic E-state index is 12.0. The molecule has 0 unspecified atom stereocenters. The van der Waals surface area contributed by atoms with E-state index in [0.717, 1.165) is 0 Å². The van der Waals surface area contributed by atoms with Crippen LogP contribution >= 0.6 is 15.9 Å². The van der Waals surface area contributed by atoms with Crippen molar-refractivity contribution in [2.24, 2.45) is 0 Å². The van der Waals surface area contributed by atoms with Crippen LogP contribution in [0, 0.1) is 0 Å². The Morgan fingerprint density at radius 1 is 1.40 bits per heavy atom. The SMILES string of the molecule is Nc1c(Br)ccc(C=O)c1OC(F)(F)F. The predicted octanol–water partition coefficient (Wildman–Crippen LogP) is 2.74. The summed E-state index contributed by atoms with van der Waals surface area (Å²) >= 11 is 2.93. The fourth-order valence-electron chi connectivity index (χ4n) is 0.915. The Kier molecular flexibility index (Phi) is 3.23. The number of benzene rings is 1. The lowest BCUT2D eigenvalue weighted by atomic mass is 10.2. The van der Waals surface area contributed by atoms with E-state index in [1.807, 2.05) is 0 Å². The Balaban J connectivity index is 3.24. The molecule has 3 nitrogen and oxygen atoms in total. The third-order valence-corrected chi connectivity index (χ3v) is 2.21. The van der Waals surface area contributed by atoms with Gasteiger partial charge in [-0.15, -0.1) is 13.2 Å². The van der Waals surface area contributed by atoms with Gasteiger partial charge in [0.15, 0.2) is 12.0 Å². The van der Waals surface area contributed by atoms with Gasteiger partial charge in [0.1, 0.15) is 0 Å². The molecule has 0 aliphatic rings. The van der Waals surface area contributed by atoms with Gasteiger partial charge in [-0.25, -0.2) is 0 Å². The summed E-state index contributed by atoms with van der Waals surface area (Å²) in [6.07, 6.45) is -4.64. The van der Waals surface area contributed by atoms with Crippen molar-refractivity contribution >= 4 is 27.9 Å². The number of carbonyl (C=O) groups is 1. The lowest BCUT2D eigenvalue weighted by Gasteiger charge is -2.13. The van der Waals surface area contributed by atoms with Gasteiger partial charge < -0.3 is 10.5 Å². The molecular formula is C8H5BrF3NO2. The topological polar surface area (TPSA) is 52.3 Å². The average Bonchev–Trinajstić information content (AvgIpc) is 2.11. The molecule has 0 aliphatic carbocycles. The lowest BCUT2D eigenvalue weighted by molar-refractivity contribution is -0.274. The molecule has 0 radical (unpaired) electrons. The molecule has 0 fully saturated rings. The van der Waals surface area contributed by atoms with Gasteiger partial charge >= 0.3 is 6.36 Å². The molecule has 82 valence electrons. The molecule has 0 aliphatic heterocycles. The third-order valence-electron chi connectivity index (χ3n) is 1.52. The highest BCUT2D eigenvalue weighted by atomic mass is 79.9. The molecule has 0 heterocycles. The van der Waals surface area contributed by atoms with Crippen molar-refractivity contribution in [1.29, 1.82) is 0 Å². The molecule has 1 aromatic carbocycles. The second kappa shape index (κ2) is 4.09. The molecule has 0 saturated heterocycles. The molecule has 0 atom stereocenters. The van der Waals surface area contributed by atoms with E-state index in [-0.39, 0.29) is 22.0 Å². The molecule has 2 N–H and O–H groups in total. The highest BCUT2D eigenvalue weighted by Gasteiger charge is 2.33. The summed E-state index contributed by atoms with van der Waals surface area (Å²) in [6.45, 7) is 0. The first-order chi connectivity index (χ1) is 6.85. The molecule has 0 bridgehead atoms. The summed E-state index contributed by atoms with van der Waals surface area (Å²) < 4.78 is 39.8. The van der Waals surface area contributed by atoms with Gasteiger partial charge in [-0.05, 0) is 28.1 Å². The minimum absolute atomic E-state index is 0.229. The van der Waals surface area contributed by atoms with Gasteiger partial charge in [-0.2, -0.15) is 0 Å². The molecule has 0 spiro atoms. The second-order valence-corrected chi connectivity index (χ2v) is 3.40. The Morgan fingerprint density at radius 3 is 2.47 bits per heavy atom. The monoisotopic (exact) mass is 283 g/mol. The van der Waals surface area contributed by atoms with Crippen LogP contribution in [0.25, 0.3) is 0 Å². The highest BCUT2D eigenvalue weighted by molar-refractivity contribution is 9.10. The average molecular weight is 284 g/mol. The normalized spacial score (nSPS) is 11.2. The zero-order valence-corrected chi connectivity index (χ0v) is 8.72. The minimum atomic E-state index is -4.88. The van der Waals surface area contributed by atoms with E-state index in [4.69, 9.17) is 5.73 Å². The number of halogens is 4. The van der Waals surface area contributed by atoms with Crippen LogP contribution < -0.4 is 10.5 Å². The molecule has 0 saturated carbocycles. The number of nitrogen functional groups attached to an aromatic ring is 1. The molecule has 1 aromatic rings. The molecule has 0 amide bonds. The first-order valence-corrected chi connectivity index (χ1v) is 4.43. The number of alkyl halides is 3. The molecule has 1 rings (SSSR count). The fraction of sp³-hybridized carbons (Fsp3) is 0.125. The van der Waals surface area contributed by atoms with Crippen LogP contribution in [0.3, 0.4) is 0 Å². The van der Waals surface area contributed by atoms with Crippen molar-refractivity contribution < 1.29 is 22.7 Å². The van der Waals surface area contributed by atoms with Gasteiger partial charge in [0.05, 0.1) is 11.3 Å². The zero-order valence-electron chi connectivity index (χ0n) is 7.14. The number of aldehydes is 1. The summed E-state index contributed by atoms with van der Waals surface area (Å²) in [5.41, 5.74) is 4.81. The predicted molar refractivity (Wildman–Crippen MR) is 50.6 cm³/mol. The highest BCUT2D eigenvalue weighted by Crippen LogP contribution is 2.35. The Hall–Kier alpha value is -1.24. The van der Waals surface area contributed by atoms with Crippen molar-refractivity contribution in [2.45, 2.75) is 6.36 Å². The molecule has 7 heteroatoms. The molecule has 15 heavy (non-hydrogen) atoms. The summed E-state index contributed by atoms with van der Waals surface area (Å²) in [7, 11) is 0. The third kappa shape index (κ3) is 2.85. The summed E-state index contributed by atoms with van der Waals surface area (Å²) in [4.78, 5) is 10.5. The van der Waals surface area contributed by atoms with E-state index < -0.39 is 12.1 Å². The number of anilines is 1. The number of rotatable bonds is 2. The van der Waals surface area contributed by atoms with Crippen molar-refractivity contribution in [3.63, 3.8) is 0 Å². The van der Waals surface area contributed by atoms with Gasteiger partial charge in [-0.1, -0.05) is 0 Å². The van der Waals surface area contributed by atoms with Crippen LogP contribution in [0.4, 0.5) is 18.9 Å². The van der Waals surface area contributed by atoms with E-state index in [2.05, 4.69) is 20.7 Å². The summed E-state index contributed by atoms with van der Waals surface area (Å²) in [5.74, 6) is -0.688. The first kappa shape index (κ1) is 11.8. The molecular weight excluding hydrogens is 279 g/mol. The number of ether oxygens (including phenoxy) is 1. The maximum atomic E-state index is 12.0. The van der Waals surface area contributed by atoms with Crippen molar-refractivity contribution in [2.75, 3.05) is 5.73 Å². The second-order valence-electron chi connectivity index (χ2n) is 2.55. The Morgan fingerprint density at radius 2 is 2.00 bits per heavy atom. The standard InChI is InChI=1S/C8H5BrF3NO2/c9-5-2-1-4(3-14)7(6(5)13)15-8(10,11)12/h1-3H,13H2. The van der Waals surface area contributed by atoms with Crippen LogP contribution in [0.2, 0.25) is 0 Å². The first-order valence-electron chi connectivity index (χ1n) is 3.64. The largest absolute Gasteiger partial charge is 0.573 e. The van der Waals surface area contributed by atoms with E-state index in [0.29, 0.717) is 0 Å². The minimum Gasteiger partial charge on any atom is -0.403 e. The lowest BCUT2D eigenvalue weighted by Crippen LogP contribution is -2.19. The van der Waals surface area contributed by atoms with E-state index in [1.165, 1.54) is 12.1 Å². The summed E-state index contributed by atoms with van der Waals surface area (Å²) in [6, 6.07) is 2.54. The van der Waals surface area contributed by atoms with Crippen LogP contribution in [-0.2, 0) is 0 Å². The van der Waals surface area contributed by atoms with Crippen LogP contribution in [0.5, 0.6) is 5.75 Å². The fourth-order valence-corrected chi connectivity index (χ4v) is 1.23. The zero-order chi connectivity index (χ0) is 11.6. The van der Waals surface area contributed by atoms with Gasteiger partial charge in [-0.3, -0.25) is 4.79 Å². The van der Waals surface area contributed by atoms with Gasteiger partial charge in [0, 0.05) is 4.47 Å². The van der Waals surface area contributed by atoms with Crippen molar-refractivity contribution in [3.8, 4) is 5.75 Å². The number of hydrogen-bond acceptors (Lipinski definition) is 3. The molecule has 0 aromatic heterocycles. The van der Waals surface area contributed by atoms with Gasteiger partial charge in [0.2, 0.25) is 0 Å². The van der Waals surface area contributed by atoms with Crippen LogP contribution in [0.15, 0.2) is 16.6 Å². The smallest absolute Gasteiger partial charge is 0.403 e. The van der Waals surface area contributed by atoms with Gasteiger partial charge in [0.25, 0.3) is 0 Å². The quantitative estimate of drug-likeness (QED) is 0.671. The number of carbonyl (C=O) groups excluding carboxylic acids is 1. The van der Waals surface area contributed by atoms with E-state index in [1.54, 1.807) is 0 Å². The van der Waals surface area contributed by atoms with Crippen LogP contribution in [-0.4, -0.2) is 12.6 Å². The van der Waals surface area contributed by atoms with E-state index in [9.17, 15) is 18.0 Å². The number of hydrogen-bond donors (Lipinski definition) is 1. The summed E-state index contributed by atoms with van der Waals surface area (Å²) in [5, 5.41) is 0. The maximum Gasteiger partial charge on any atom is 0.573 e. The van der Waals surface area contributed by atoms with Crippen molar-refractivity contribution in [1.82, 2.24) is 0 Å². The Labute approximate surface area is 91.1 Å².